The Balaban J connectivity index is 0.000000306. The quantitative estimate of drug-likeness (QED) is 0.198. The van der Waals surface area contributed by atoms with E-state index in [-0.39, 0.29) is 49.9 Å². The first-order valence-electron chi connectivity index (χ1n) is 12.0. The van der Waals surface area contributed by atoms with Gasteiger partial charge in [0.05, 0.1) is 39.7 Å². The van der Waals surface area contributed by atoms with Gasteiger partial charge in [-0.25, -0.2) is 4.79 Å². The summed E-state index contributed by atoms with van der Waals surface area (Å²) < 4.78 is 0. The molecule has 6 aromatic rings. The third kappa shape index (κ3) is 11.2. The van der Waals surface area contributed by atoms with Gasteiger partial charge in [-0.15, -0.1) is 24.8 Å². The van der Waals surface area contributed by atoms with E-state index in [0.29, 0.717) is 11.4 Å². The van der Waals surface area contributed by atoms with Crippen molar-refractivity contribution in [2.75, 3.05) is 0 Å². The molecule has 0 bridgehead atoms. The van der Waals surface area contributed by atoms with Crippen molar-refractivity contribution in [1.82, 2.24) is 29.9 Å². The number of carboxylic acid groups (broad SMARTS) is 1. The van der Waals surface area contributed by atoms with Crippen molar-refractivity contribution in [3.63, 3.8) is 0 Å². The molecule has 0 saturated heterocycles. The van der Waals surface area contributed by atoms with E-state index in [9.17, 15) is 4.79 Å². The normalized spacial score (nSPS) is 9.05. The van der Waals surface area contributed by atoms with Crippen molar-refractivity contribution in [3.8, 4) is 34.2 Å². The minimum absolute atomic E-state index is 0. The van der Waals surface area contributed by atoms with Crippen molar-refractivity contribution in [2.45, 2.75) is 0 Å². The van der Waals surface area contributed by atoms with Gasteiger partial charge in [-0.05, 0) is 72.8 Å². The van der Waals surface area contributed by atoms with Gasteiger partial charge in [0.1, 0.15) is 0 Å². The Morgan fingerprint density at radius 2 is 0.714 bits per heavy atom. The molecule has 6 rings (SSSR count). The molecule has 0 unspecified atom stereocenters. The monoisotopic (exact) mass is 686 g/mol. The zero-order chi connectivity index (χ0) is 27.1. The average Bonchev–Trinajstić information content (AvgIpc) is 3.04. The number of aromatic carboxylic acids is 1. The van der Waals surface area contributed by atoms with E-state index < -0.39 is 5.97 Å². The van der Waals surface area contributed by atoms with Crippen LogP contribution < -0.4 is 0 Å². The van der Waals surface area contributed by atoms with Crippen molar-refractivity contribution in [3.05, 3.63) is 146 Å². The van der Waals surface area contributed by atoms with Crippen LogP contribution in [0.3, 0.4) is 0 Å². The molecule has 11 heteroatoms. The molecule has 0 amide bonds. The summed E-state index contributed by atoms with van der Waals surface area (Å²) in [7, 11) is 0. The number of hydrogen-bond donors (Lipinski definition) is 1. The predicted molar refractivity (Wildman–Crippen MR) is 164 cm³/mol. The molecule has 0 radical (unpaired) electrons. The zero-order valence-electron chi connectivity index (χ0n) is 22.0. The SMILES string of the molecule is Cl.Cl.O=C(O)c1ccnc(-c2ccccn2)c1.[Ru].c1ccc(-c2ccccn2)nc1.c1ccc(-c2ccccn2)nc1. The van der Waals surface area contributed by atoms with Gasteiger partial charge in [0.2, 0.25) is 0 Å². The Bertz CT molecular complexity index is 1420. The van der Waals surface area contributed by atoms with Crippen LogP contribution in [0.25, 0.3) is 34.2 Å². The molecule has 42 heavy (non-hydrogen) atoms. The Kier molecular flexibility index (Phi) is 16.6. The molecule has 6 heterocycles. The van der Waals surface area contributed by atoms with Crippen molar-refractivity contribution < 1.29 is 29.4 Å². The Morgan fingerprint density at radius 3 is 0.976 bits per heavy atom. The molecular weight excluding hydrogens is 660 g/mol. The second-order valence-electron chi connectivity index (χ2n) is 7.81. The molecule has 0 aromatic carbocycles. The van der Waals surface area contributed by atoms with E-state index in [1.54, 1.807) is 43.1 Å². The molecule has 214 valence electrons. The first-order chi connectivity index (χ1) is 19.2. The van der Waals surface area contributed by atoms with Gasteiger partial charge in [0.25, 0.3) is 0 Å². The third-order valence-electron chi connectivity index (χ3n) is 5.12. The van der Waals surface area contributed by atoms with E-state index >= 15 is 0 Å². The van der Waals surface area contributed by atoms with Gasteiger partial charge >= 0.3 is 5.97 Å². The van der Waals surface area contributed by atoms with Crippen molar-refractivity contribution in [2.24, 2.45) is 0 Å². The van der Waals surface area contributed by atoms with Crippen LogP contribution in [-0.4, -0.2) is 41.0 Å². The van der Waals surface area contributed by atoms with E-state index in [2.05, 4.69) is 29.9 Å². The van der Waals surface area contributed by atoms with Gasteiger partial charge in [-0.2, -0.15) is 0 Å². The average molecular weight is 687 g/mol. The van der Waals surface area contributed by atoms with Gasteiger partial charge in [0.15, 0.2) is 0 Å². The summed E-state index contributed by atoms with van der Waals surface area (Å²) >= 11 is 0. The van der Waals surface area contributed by atoms with Crippen LogP contribution >= 0.6 is 24.8 Å². The molecule has 1 N–H and O–H groups in total. The Labute approximate surface area is 269 Å². The molecular formula is C31H26Cl2N6O2Ru. The molecule has 0 saturated carbocycles. The second-order valence-corrected chi connectivity index (χ2v) is 7.81. The first kappa shape index (κ1) is 35.6. The zero-order valence-corrected chi connectivity index (χ0v) is 25.4. The maximum Gasteiger partial charge on any atom is 0.335 e. The van der Waals surface area contributed by atoms with Gasteiger partial charge in [0, 0.05) is 56.7 Å². The molecule has 0 atom stereocenters. The smallest absolute Gasteiger partial charge is 0.335 e. The Morgan fingerprint density at radius 1 is 0.429 bits per heavy atom. The Hall–Kier alpha value is -4.43. The van der Waals surface area contributed by atoms with Gasteiger partial charge in [-0.1, -0.05) is 30.3 Å². The fourth-order valence-corrected chi connectivity index (χ4v) is 3.28. The molecule has 8 nitrogen and oxygen atoms in total. The number of carbonyl (C=O) groups is 1. The predicted octanol–water partition coefficient (Wildman–Crippen LogP) is 6.97. The largest absolute Gasteiger partial charge is 0.478 e. The second kappa shape index (κ2) is 19.6. The van der Waals surface area contributed by atoms with E-state index in [0.717, 1.165) is 22.8 Å². The standard InChI is InChI=1S/C11H8N2O2.2C10H8N2.2ClH.Ru/c14-11(15)8-4-6-13-10(7-8)9-3-1-2-5-12-9;2*1-3-7-11-9(5-1)10-6-2-4-8-12-10;;;/h1-7H,(H,14,15);2*1-8H;2*1H;. The fourth-order valence-electron chi connectivity index (χ4n) is 3.28. The number of carboxylic acids is 1. The topological polar surface area (TPSA) is 115 Å². The van der Waals surface area contributed by atoms with Crippen LogP contribution in [0.2, 0.25) is 0 Å². The molecule has 0 spiro atoms. The third-order valence-corrected chi connectivity index (χ3v) is 5.12. The van der Waals surface area contributed by atoms with Crippen LogP contribution in [0.5, 0.6) is 0 Å². The van der Waals surface area contributed by atoms with Gasteiger partial charge < -0.3 is 5.11 Å². The number of nitrogens with zero attached hydrogens (tertiary/aromatic N) is 6. The number of halogens is 2. The first-order valence-corrected chi connectivity index (χ1v) is 12.0. The molecule has 0 aliphatic heterocycles. The minimum atomic E-state index is -0.963. The summed E-state index contributed by atoms with van der Waals surface area (Å²) in [6.45, 7) is 0. The summed E-state index contributed by atoms with van der Waals surface area (Å²) in [5, 5.41) is 8.81. The molecule has 0 aliphatic rings. The van der Waals surface area contributed by atoms with Crippen LogP contribution in [0.1, 0.15) is 10.4 Å². The molecule has 0 fully saturated rings. The van der Waals surface area contributed by atoms with Crippen LogP contribution in [0, 0.1) is 0 Å². The van der Waals surface area contributed by atoms with Crippen molar-refractivity contribution in [1.29, 1.82) is 0 Å². The molecule has 6 aromatic heterocycles. The van der Waals surface area contributed by atoms with E-state index in [4.69, 9.17) is 5.11 Å². The summed E-state index contributed by atoms with van der Waals surface area (Å²) in [5.74, 6) is -0.963. The van der Waals surface area contributed by atoms with Gasteiger partial charge in [-0.3, -0.25) is 29.9 Å². The number of pyridine rings is 6. The summed E-state index contributed by atoms with van der Waals surface area (Å²) in [6.07, 6.45) is 10.2. The van der Waals surface area contributed by atoms with Crippen LogP contribution in [0.4, 0.5) is 0 Å². The number of aromatic nitrogens is 6. The summed E-state index contributed by atoms with van der Waals surface area (Å²) in [4.78, 5) is 35.6. The minimum Gasteiger partial charge on any atom is -0.478 e. The van der Waals surface area contributed by atoms with E-state index in [1.165, 1.54) is 18.3 Å². The van der Waals surface area contributed by atoms with E-state index in [1.807, 2.05) is 78.9 Å². The fraction of sp³-hybridized carbons (Fsp3) is 0. The number of hydrogen-bond acceptors (Lipinski definition) is 7. The summed E-state index contributed by atoms with van der Waals surface area (Å²) in [6, 6.07) is 31.6. The maximum atomic E-state index is 10.7. The van der Waals surface area contributed by atoms with Crippen LogP contribution in [-0.2, 0) is 19.5 Å². The molecule has 0 aliphatic carbocycles. The summed E-state index contributed by atoms with van der Waals surface area (Å²) in [5.41, 5.74) is 5.11. The number of rotatable bonds is 4. The van der Waals surface area contributed by atoms with Crippen LogP contribution in [0.15, 0.2) is 140 Å². The maximum absolute atomic E-state index is 10.7. The van der Waals surface area contributed by atoms with Crippen molar-refractivity contribution >= 4 is 30.8 Å².